The summed E-state index contributed by atoms with van der Waals surface area (Å²) in [6.07, 6.45) is 1.14. The molecule has 92 valence electrons. The van der Waals surface area contributed by atoms with Crippen molar-refractivity contribution in [1.29, 1.82) is 5.26 Å². The molecule has 0 spiro atoms. The van der Waals surface area contributed by atoms with E-state index in [1.165, 1.54) is 18.2 Å². The first kappa shape index (κ1) is 12.0. The molecule has 6 nitrogen and oxygen atoms in total. The number of hydrogen-bond acceptors (Lipinski definition) is 4. The van der Waals surface area contributed by atoms with Gasteiger partial charge < -0.3 is 5.32 Å². The number of rotatable bonds is 3. The van der Waals surface area contributed by atoms with Gasteiger partial charge in [0.15, 0.2) is 0 Å². The third-order valence-corrected chi connectivity index (χ3v) is 3.05. The predicted octanol–water partition coefficient (Wildman–Crippen LogP) is 2.15. The van der Waals surface area contributed by atoms with Gasteiger partial charge in [-0.3, -0.25) is 14.9 Å². The number of nitro benzene ring substituents is 1. The van der Waals surface area contributed by atoms with E-state index in [9.17, 15) is 14.9 Å². The molecule has 2 rings (SSSR count). The van der Waals surface area contributed by atoms with E-state index >= 15 is 0 Å². The van der Waals surface area contributed by atoms with E-state index in [1.54, 1.807) is 6.92 Å². The molecule has 1 aliphatic rings. The van der Waals surface area contributed by atoms with Crippen molar-refractivity contribution in [2.45, 2.75) is 19.8 Å². The molecule has 1 amide bonds. The van der Waals surface area contributed by atoms with Crippen LogP contribution in [0.5, 0.6) is 0 Å². The summed E-state index contributed by atoms with van der Waals surface area (Å²) in [5, 5.41) is 22.1. The number of nitriles is 1. The number of aryl methyl sites for hydroxylation is 1. The maximum Gasteiger partial charge on any atom is 0.272 e. The Morgan fingerprint density at radius 2 is 2.22 bits per heavy atom. The van der Waals surface area contributed by atoms with Gasteiger partial charge in [0.2, 0.25) is 5.91 Å². The van der Waals surface area contributed by atoms with E-state index in [0.29, 0.717) is 24.1 Å². The molecule has 0 atom stereocenters. The summed E-state index contributed by atoms with van der Waals surface area (Å²) in [5.41, 5.74) is 0.0639. The van der Waals surface area contributed by atoms with Gasteiger partial charge in [-0.05, 0) is 31.9 Å². The van der Waals surface area contributed by atoms with Crippen LogP contribution in [0.1, 0.15) is 18.4 Å². The van der Waals surface area contributed by atoms with Crippen LogP contribution in [0.3, 0.4) is 0 Å². The molecular weight excluding hydrogens is 234 g/mol. The molecule has 0 heterocycles. The summed E-state index contributed by atoms with van der Waals surface area (Å²) >= 11 is 0. The first-order valence-corrected chi connectivity index (χ1v) is 5.46. The summed E-state index contributed by atoms with van der Waals surface area (Å²) in [6.45, 7) is 1.60. The SMILES string of the molecule is Cc1cc(NC(=O)C2(C#N)CC2)ccc1[N+](=O)[O-]. The number of nitrogens with one attached hydrogen (secondary N) is 1. The Balaban J connectivity index is 2.17. The van der Waals surface area contributed by atoms with Crippen molar-refractivity contribution in [2.24, 2.45) is 5.41 Å². The minimum atomic E-state index is -0.893. The summed E-state index contributed by atoms with van der Waals surface area (Å²) < 4.78 is 0. The molecule has 0 unspecified atom stereocenters. The fraction of sp³-hybridized carbons (Fsp3) is 0.333. The Kier molecular flexibility index (Phi) is 2.75. The lowest BCUT2D eigenvalue weighted by Crippen LogP contribution is -2.22. The molecule has 6 heteroatoms. The zero-order valence-electron chi connectivity index (χ0n) is 9.77. The number of nitro groups is 1. The topological polar surface area (TPSA) is 96.0 Å². The number of carbonyl (C=O) groups is 1. The lowest BCUT2D eigenvalue weighted by molar-refractivity contribution is -0.385. The van der Waals surface area contributed by atoms with E-state index in [0.717, 1.165) is 0 Å². The predicted molar refractivity (Wildman–Crippen MR) is 63.7 cm³/mol. The molecule has 0 bridgehead atoms. The van der Waals surface area contributed by atoms with E-state index in [1.807, 2.05) is 6.07 Å². The summed E-state index contributed by atoms with van der Waals surface area (Å²) in [5.74, 6) is -0.335. The van der Waals surface area contributed by atoms with Gasteiger partial charge in [0.25, 0.3) is 5.69 Å². The number of amides is 1. The smallest absolute Gasteiger partial charge is 0.272 e. The zero-order chi connectivity index (χ0) is 13.3. The van der Waals surface area contributed by atoms with Crippen molar-refractivity contribution in [3.63, 3.8) is 0 Å². The highest BCUT2D eigenvalue weighted by Gasteiger charge is 2.50. The fourth-order valence-electron chi connectivity index (χ4n) is 1.70. The third-order valence-electron chi connectivity index (χ3n) is 3.05. The van der Waals surface area contributed by atoms with Crippen molar-refractivity contribution in [2.75, 3.05) is 5.32 Å². The van der Waals surface area contributed by atoms with Gasteiger partial charge in [-0.2, -0.15) is 5.26 Å². The fourth-order valence-corrected chi connectivity index (χ4v) is 1.70. The number of benzene rings is 1. The van der Waals surface area contributed by atoms with Crippen molar-refractivity contribution in [3.05, 3.63) is 33.9 Å². The van der Waals surface area contributed by atoms with Crippen LogP contribution in [-0.4, -0.2) is 10.8 Å². The van der Waals surface area contributed by atoms with Gasteiger partial charge in [-0.15, -0.1) is 0 Å². The molecule has 1 aromatic carbocycles. The molecule has 1 N–H and O–H groups in total. The average molecular weight is 245 g/mol. The van der Waals surface area contributed by atoms with Gasteiger partial charge in [0.05, 0.1) is 11.0 Å². The molecule has 1 aromatic rings. The van der Waals surface area contributed by atoms with Crippen LogP contribution < -0.4 is 5.32 Å². The molecule has 1 fully saturated rings. The molecule has 1 saturated carbocycles. The van der Waals surface area contributed by atoms with Gasteiger partial charge in [-0.1, -0.05) is 0 Å². The number of hydrogen-bond donors (Lipinski definition) is 1. The number of nitrogens with zero attached hydrogens (tertiary/aromatic N) is 2. The quantitative estimate of drug-likeness (QED) is 0.651. The number of carbonyl (C=O) groups excluding carboxylic acids is 1. The molecule has 18 heavy (non-hydrogen) atoms. The van der Waals surface area contributed by atoms with E-state index in [-0.39, 0.29) is 11.6 Å². The van der Waals surface area contributed by atoms with Crippen molar-refractivity contribution >= 4 is 17.3 Å². The highest BCUT2D eigenvalue weighted by Crippen LogP contribution is 2.45. The maximum atomic E-state index is 11.8. The first-order valence-electron chi connectivity index (χ1n) is 5.46. The highest BCUT2D eigenvalue weighted by molar-refractivity contribution is 5.99. The summed E-state index contributed by atoms with van der Waals surface area (Å²) in [4.78, 5) is 22.0. The van der Waals surface area contributed by atoms with Gasteiger partial charge in [0, 0.05) is 17.3 Å². The monoisotopic (exact) mass is 245 g/mol. The number of anilines is 1. The van der Waals surface area contributed by atoms with Crippen LogP contribution in [0.4, 0.5) is 11.4 Å². The Morgan fingerprint density at radius 3 is 2.67 bits per heavy atom. The van der Waals surface area contributed by atoms with Crippen LogP contribution in [0.2, 0.25) is 0 Å². The minimum absolute atomic E-state index is 0.00872. The Bertz CT molecular complexity index is 570. The maximum absolute atomic E-state index is 11.8. The van der Waals surface area contributed by atoms with Gasteiger partial charge in [0.1, 0.15) is 5.41 Å². The van der Waals surface area contributed by atoms with Crippen LogP contribution in [-0.2, 0) is 4.79 Å². The summed E-state index contributed by atoms with van der Waals surface area (Å²) in [6, 6.07) is 6.34. The third kappa shape index (κ3) is 2.02. The molecule has 0 aromatic heterocycles. The molecular formula is C12H11N3O3. The first-order chi connectivity index (χ1) is 8.48. The lowest BCUT2D eigenvalue weighted by atomic mass is 10.1. The van der Waals surface area contributed by atoms with Crippen LogP contribution in [0.25, 0.3) is 0 Å². The van der Waals surface area contributed by atoms with Crippen molar-refractivity contribution in [3.8, 4) is 6.07 Å². The average Bonchev–Trinajstić information content (AvgIpc) is 3.09. The van der Waals surface area contributed by atoms with Crippen LogP contribution >= 0.6 is 0 Å². The van der Waals surface area contributed by atoms with Crippen LogP contribution in [0, 0.1) is 33.8 Å². The largest absolute Gasteiger partial charge is 0.325 e. The van der Waals surface area contributed by atoms with E-state index in [2.05, 4.69) is 5.32 Å². The molecule has 1 aliphatic carbocycles. The van der Waals surface area contributed by atoms with Crippen molar-refractivity contribution < 1.29 is 9.72 Å². The standard InChI is InChI=1S/C12H11N3O3/c1-8-6-9(2-3-10(8)15(17)18)14-11(16)12(7-13)4-5-12/h2-3,6H,4-5H2,1H3,(H,14,16). The van der Waals surface area contributed by atoms with Gasteiger partial charge in [-0.25, -0.2) is 0 Å². The zero-order valence-corrected chi connectivity index (χ0v) is 9.77. The van der Waals surface area contributed by atoms with E-state index < -0.39 is 10.3 Å². The van der Waals surface area contributed by atoms with E-state index in [4.69, 9.17) is 5.26 Å². The molecule has 0 saturated heterocycles. The lowest BCUT2D eigenvalue weighted by Gasteiger charge is -2.08. The van der Waals surface area contributed by atoms with Gasteiger partial charge >= 0.3 is 0 Å². The van der Waals surface area contributed by atoms with Crippen LogP contribution in [0.15, 0.2) is 18.2 Å². The Hall–Kier alpha value is -2.42. The van der Waals surface area contributed by atoms with Crippen molar-refractivity contribution in [1.82, 2.24) is 0 Å². The Morgan fingerprint density at radius 1 is 1.56 bits per heavy atom. The normalized spacial score (nSPS) is 15.6. The second-order valence-electron chi connectivity index (χ2n) is 4.41. The second kappa shape index (κ2) is 4.11. The minimum Gasteiger partial charge on any atom is -0.325 e. The summed E-state index contributed by atoms with van der Waals surface area (Å²) in [7, 11) is 0. The second-order valence-corrected chi connectivity index (χ2v) is 4.41. The Labute approximate surface area is 103 Å². The molecule has 0 aliphatic heterocycles. The highest BCUT2D eigenvalue weighted by atomic mass is 16.6. The molecule has 0 radical (unpaired) electrons.